The maximum absolute atomic E-state index is 13.0. The van der Waals surface area contributed by atoms with Gasteiger partial charge in [-0.1, -0.05) is 29.8 Å². The van der Waals surface area contributed by atoms with E-state index in [0.717, 1.165) is 25.8 Å². The first-order valence-corrected chi connectivity index (χ1v) is 8.68. The molecule has 0 radical (unpaired) electrons. The third kappa shape index (κ3) is 3.38. The van der Waals surface area contributed by atoms with Gasteiger partial charge in [0.25, 0.3) is 5.91 Å². The molecular formula is C18H17ClN2OS. The standard InChI is InChI=1S/C18H17ClN2OS/c1-3-21(11-13-8-9-17(19)23-13)18(22)15-10-12(2)20-16-7-5-4-6-14(15)16/h4-10H,3,11H2,1-2H3. The minimum Gasteiger partial charge on any atom is -0.334 e. The number of hydrogen-bond acceptors (Lipinski definition) is 3. The van der Waals surface area contributed by atoms with Gasteiger partial charge in [-0.25, -0.2) is 0 Å². The van der Waals surface area contributed by atoms with E-state index in [4.69, 9.17) is 11.6 Å². The number of benzene rings is 1. The van der Waals surface area contributed by atoms with Crippen molar-refractivity contribution in [3.8, 4) is 0 Å². The zero-order chi connectivity index (χ0) is 16.4. The van der Waals surface area contributed by atoms with Crippen LogP contribution in [0.5, 0.6) is 0 Å². The molecule has 0 N–H and O–H groups in total. The smallest absolute Gasteiger partial charge is 0.254 e. The Morgan fingerprint density at radius 2 is 2.04 bits per heavy atom. The van der Waals surface area contributed by atoms with Gasteiger partial charge in [-0.2, -0.15) is 0 Å². The molecule has 5 heteroatoms. The minimum atomic E-state index is 0.0266. The molecule has 23 heavy (non-hydrogen) atoms. The summed E-state index contributed by atoms with van der Waals surface area (Å²) in [7, 11) is 0. The third-order valence-electron chi connectivity index (χ3n) is 3.72. The SMILES string of the molecule is CCN(Cc1ccc(Cl)s1)C(=O)c1cc(C)nc2ccccc12. The average Bonchev–Trinajstić information content (AvgIpc) is 2.96. The van der Waals surface area contributed by atoms with Crippen LogP contribution in [0.1, 0.15) is 27.9 Å². The third-order valence-corrected chi connectivity index (χ3v) is 4.94. The molecule has 0 aliphatic heterocycles. The Balaban J connectivity index is 1.97. The summed E-state index contributed by atoms with van der Waals surface area (Å²) in [5, 5.41) is 0.894. The van der Waals surface area contributed by atoms with Crippen molar-refractivity contribution in [3.63, 3.8) is 0 Å². The number of thiophene rings is 1. The van der Waals surface area contributed by atoms with E-state index < -0.39 is 0 Å². The van der Waals surface area contributed by atoms with Crippen molar-refractivity contribution in [2.24, 2.45) is 0 Å². The fraction of sp³-hybridized carbons (Fsp3) is 0.222. The van der Waals surface area contributed by atoms with Gasteiger partial charge in [0.1, 0.15) is 0 Å². The molecule has 3 nitrogen and oxygen atoms in total. The Morgan fingerprint density at radius 1 is 1.26 bits per heavy atom. The number of carbonyl (C=O) groups is 1. The summed E-state index contributed by atoms with van der Waals surface area (Å²) in [5.41, 5.74) is 2.41. The van der Waals surface area contributed by atoms with Crippen molar-refractivity contribution in [1.29, 1.82) is 0 Å². The normalized spacial score (nSPS) is 10.9. The van der Waals surface area contributed by atoms with Crippen LogP contribution < -0.4 is 0 Å². The molecule has 3 rings (SSSR count). The fourth-order valence-corrected chi connectivity index (χ4v) is 3.71. The minimum absolute atomic E-state index is 0.0266. The molecule has 0 saturated heterocycles. The summed E-state index contributed by atoms with van der Waals surface area (Å²) >= 11 is 7.50. The lowest BCUT2D eigenvalue weighted by atomic mass is 10.1. The topological polar surface area (TPSA) is 33.2 Å². The molecule has 0 aliphatic carbocycles. The summed E-state index contributed by atoms with van der Waals surface area (Å²) < 4.78 is 0.744. The Bertz CT molecular complexity index is 859. The number of halogens is 1. The monoisotopic (exact) mass is 344 g/mol. The molecule has 0 aliphatic rings. The average molecular weight is 345 g/mol. The highest BCUT2D eigenvalue weighted by atomic mass is 35.5. The number of aryl methyl sites for hydroxylation is 1. The second kappa shape index (κ2) is 6.69. The summed E-state index contributed by atoms with van der Waals surface area (Å²) in [5.74, 6) is 0.0266. The van der Waals surface area contributed by atoms with Gasteiger partial charge in [0.2, 0.25) is 0 Å². The van der Waals surface area contributed by atoms with E-state index in [9.17, 15) is 4.79 Å². The van der Waals surface area contributed by atoms with Crippen LogP contribution in [-0.2, 0) is 6.54 Å². The number of fused-ring (bicyclic) bond motifs is 1. The Labute approximate surface area is 144 Å². The largest absolute Gasteiger partial charge is 0.334 e. The lowest BCUT2D eigenvalue weighted by molar-refractivity contribution is 0.0756. The summed E-state index contributed by atoms with van der Waals surface area (Å²) in [6, 6.07) is 13.5. The molecule has 1 aromatic carbocycles. The van der Waals surface area contributed by atoms with Gasteiger partial charge < -0.3 is 4.90 Å². The number of nitrogens with zero attached hydrogens (tertiary/aromatic N) is 2. The first-order chi connectivity index (χ1) is 11.1. The summed E-state index contributed by atoms with van der Waals surface area (Å²) in [6.07, 6.45) is 0. The highest BCUT2D eigenvalue weighted by Gasteiger charge is 2.18. The van der Waals surface area contributed by atoms with E-state index in [1.807, 2.05) is 61.2 Å². The van der Waals surface area contributed by atoms with Crippen LogP contribution in [0.25, 0.3) is 10.9 Å². The van der Waals surface area contributed by atoms with Gasteiger partial charge in [0.15, 0.2) is 0 Å². The first kappa shape index (κ1) is 16.0. The van der Waals surface area contributed by atoms with E-state index in [1.54, 1.807) is 0 Å². The van der Waals surface area contributed by atoms with Crippen LogP contribution in [-0.4, -0.2) is 22.3 Å². The number of pyridine rings is 1. The van der Waals surface area contributed by atoms with Crippen molar-refractivity contribution >= 4 is 39.7 Å². The maximum Gasteiger partial charge on any atom is 0.254 e. The van der Waals surface area contributed by atoms with Gasteiger partial charge >= 0.3 is 0 Å². The van der Waals surface area contributed by atoms with E-state index in [-0.39, 0.29) is 5.91 Å². The van der Waals surface area contributed by atoms with Crippen molar-refractivity contribution in [2.75, 3.05) is 6.54 Å². The lowest BCUT2D eigenvalue weighted by Crippen LogP contribution is -2.30. The highest BCUT2D eigenvalue weighted by molar-refractivity contribution is 7.16. The van der Waals surface area contributed by atoms with Crippen LogP contribution in [0.15, 0.2) is 42.5 Å². The van der Waals surface area contributed by atoms with Gasteiger partial charge in [0, 0.05) is 22.5 Å². The Morgan fingerprint density at radius 3 is 2.74 bits per heavy atom. The Kier molecular flexibility index (Phi) is 4.64. The van der Waals surface area contributed by atoms with E-state index in [0.29, 0.717) is 18.7 Å². The second-order valence-corrected chi connectivity index (χ2v) is 7.15. The molecule has 3 aromatic rings. The number of carbonyl (C=O) groups excluding carboxylic acids is 1. The quantitative estimate of drug-likeness (QED) is 0.673. The zero-order valence-electron chi connectivity index (χ0n) is 13.0. The van der Waals surface area contributed by atoms with Crippen LogP contribution in [0.4, 0.5) is 0 Å². The molecule has 0 unspecified atom stereocenters. The van der Waals surface area contributed by atoms with Crippen molar-refractivity contribution in [3.05, 3.63) is 62.9 Å². The van der Waals surface area contributed by atoms with Crippen LogP contribution in [0.3, 0.4) is 0 Å². The number of amides is 1. The number of hydrogen-bond donors (Lipinski definition) is 0. The number of aromatic nitrogens is 1. The second-order valence-electron chi connectivity index (χ2n) is 5.35. The van der Waals surface area contributed by atoms with E-state index >= 15 is 0 Å². The molecule has 0 spiro atoms. The van der Waals surface area contributed by atoms with E-state index in [1.165, 1.54) is 11.3 Å². The van der Waals surface area contributed by atoms with Crippen molar-refractivity contribution in [2.45, 2.75) is 20.4 Å². The molecule has 0 saturated carbocycles. The molecule has 1 amide bonds. The molecule has 0 atom stereocenters. The van der Waals surface area contributed by atoms with Gasteiger partial charge in [-0.3, -0.25) is 9.78 Å². The predicted octanol–water partition coefficient (Wildman–Crippen LogP) is 4.92. The molecule has 0 fully saturated rings. The Hall–Kier alpha value is -1.91. The molecule has 2 heterocycles. The molecular weight excluding hydrogens is 328 g/mol. The maximum atomic E-state index is 13.0. The summed E-state index contributed by atoms with van der Waals surface area (Å²) in [4.78, 5) is 20.4. The van der Waals surface area contributed by atoms with Crippen molar-refractivity contribution in [1.82, 2.24) is 9.88 Å². The highest BCUT2D eigenvalue weighted by Crippen LogP contribution is 2.25. The fourth-order valence-electron chi connectivity index (χ4n) is 2.61. The number of para-hydroxylation sites is 1. The first-order valence-electron chi connectivity index (χ1n) is 7.48. The van der Waals surface area contributed by atoms with Gasteiger partial charge in [0.05, 0.1) is 22.0 Å². The van der Waals surface area contributed by atoms with Crippen LogP contribution in [0.2, 0.25) is 4.34 Å². The van der Waals surface area contributed by atoms with Crippen LogP contribution >= 0.6 is 22.9 Å². The lowest BCUT2D eigenvalue weighted by Gasteiger charge is -2.21. The van der Waals surface area contributed by atoms with Gasteiger partial charge in [-0.15, -0.1) is 11.3 Å². The number of rotatable bonds is 4. The predicted molar refractivity (Wildman–Crippen MR) is 96.2 cm³/mol. The van der Waals surface area contributed by atoms with E-state index in [2.05, 4.69) is 4.98 Å². The molecule has 118 valence electrons. The zero-order valence-corrected chi connectivity index (χ0v) is 14.6. The summed E-state index contributed by atoms with van der Waals surface area (Å²) in [6.45, 7) is 5.12. The van der Waals surface area contributed by atoms with Gasteiger partial charge in [-0.05, 0) is 38.1 Å². The van der Waals surface area contributed by atoms with Crippen LogP contribution in [0, 0.1) is 6.92 Å². The molecule has 2 aromatic heterocycles. The van der Waals surface area contributed by atoms with Crippen molar-refractivity contribution < 1.29 is 4.79 Å². The molecule has 0 bridgehead atoms.